The van der Waals surface area contributed by atoms with E-state index >= 15 is 0 Å². The van der Waals surface area contributed by atoms with Crippen LogP contribution in [0.4, 0.5) is 11.4 Å². The number of anilines is 2. The average Bonchev–Trinajstić information content (AvgIpc) is 3.14. The van der Waals surface area contributed by atoms with Gasteiger partial charge in [0.25, 0.3) is 5.91 Å². The van der Waals surface area contributed by atoms with Crippen LogP contribution >= 0.6 is 11.6 Å². The maximum absolute atomic E-state index is 12.7. The first-order valence-electron chi connectivity index (χ1n) is 9.95. The molecule has 3 rings (SSSR count). The van der Waals surface area contributed by atoms with Crippen LogP contribution in [0.2, 0.25) is 5.02 Å². The number of halogens is 1. The molecule has 0 radical (unpaired) electrons. The number of carbonyl (C=O) groups is 3. The van der Waals surface area contributed by atoms with E-state index in [4.69, 9.17) is 16.3 Å². The molecular formula is C23H23ClN4O4. The number of Topliss-reactive ketones (excluding diaryl/α,β-unsaturated/α-hetero) is 1. The average molecular weight is 455 g/mol. The highest BCUT2D eigenvalue weighted by Gasteiger charge is 2.17. The van der Waals surface area contributed by atoms with Crippen LogP contribution in [0.3, 0.4) is 0 Å². The van der Waals surface area contributed by atoms with Crippen LogP contribution in [0.25, 0.3) is 5.69 Å². The first-order chi connectivity index (χ1) is 15.3. The van der Waals surface area contributed by atoms with Crippen LogP contribution in [0.5, 0.6) is 0 Å². The highest BCUT2D eigenvalue weighted by atomic mass is 35.5. The second kappa shape index (κ2) is 10.2. The first-order valence-corrected chi connectivity index (χ1v) is 10.3. The van der Waals surface area contributed by atoms with Crippen LogP contribution in [0, 0.1) is 6.92 Å². The van der Waals surface area contributed by atoms with E-state index in [0.29, 0.717) is 39.9 Å². The van der Waals surface area contributed by atoms with Gasteiger partial charge < -0.3 is 15.4 Å². The van der Waals surface area contributed by atoms with Gasteiger partial charge in [0.1, 0.15) is 12.3 Å². The number of ketones is 1. The van der Waals surface area contributed by atoms with Gasteiger partial charge in [0.2, 0.25) is 11.7 Å². The molecule has 1 aromatic heterocycles. The summed E-state index contributed by atoms with van der Waals surface area (Å²) in [5, 5.41) is 10.5. The van der Waals surface area contributed by atoms with Crippen molar-refractivity contribution in [2.75, 3.05) is 23.8 Å². The van der Waals surface area contributed by atoms with Gasteiger partial charge in [0.05, 0.1) is 11.4 Å². The fourth-order valence-electron chi connectivity index (χ4n) is 3.01. The Morgan fingerprint density at radius 3 is 2.44 bits per heavy atom. The number of amides is 2. The van der Waals surface area contributed by atoms with Gasteiger partial charge in [-0.1, -0.05) is 11.6 Å². The third-order valence-corrected chi connectivity index (χ3v) is 4.76. The zero-order valence-electron chi connectivity index (χ0n) is 17.9. The number of ether oxygens (including phenoxy) is 1. The zero-order chi connectivity index (χ0) is 23.3. The Morgan fingerprint density at radius 1 is 1.06 bits per heavy atom. The highest BCUT2D eigenvalue weighted by molar-refractivity contribution is 6.30. The number of benzene rings is 2. The third kappa shape index (κ3) is 5.60. The predicted molar refractivity (Wildman–Crippen MR) is 123 cm³/mol. The lowest BCUT2D eigenvalue weighted by molar-refractivity contribution is -0.114. The number of carbonyl (C=O) groups excluding carboxylic acids is 3. The Hall–Kier alpha value is -3.49. The summed E-state index contributed by atoms with van der Waals surface area (Å²) in [7, 11) is 0. The van der Waals surface area contributed by atoms with Crippen molar-refractivity contribution in [3.63, 3.8) is 0 Å². The van der Waals surface area contributed by atoms with E-state index < -0.39 is 0 Å². The van der Waals surface area contributed by atoms with Crippen molar-refractivity contribution >= 4 is 40.6 Å². The van der Waals surface area contributed by atoms with Crippen molar-refractivity contribution in [1.29, 1.82) is 0 Å². The first kappa shape index (κ1) is 23.2. The molecule has 2 aromatic carbocycles. The van der Waals surface area contributed by atoms with Crippen molar-refractivity contribution in [3.05, 3.63) is 70.5 Å². The van der Waals surface area contributed by atoms with E-state index in [0.717, 1.165) is 0 Å². The van der Waals surface area contributed by atoms with Gasteiger partial charge >= 0.3 is 0 Å². The van der Waals surface area contributed by atoms with Crippen molar-refractivity contribution in [2.45, 2.75) is 20.8 Å². The molecule has 0 fully saturated rings. The fraction of sp³-hybridized carbons (Fsp3) is 0.217. The van der Waals surface area contributed by atoms with E-state index in [1.54, 1.807) is 60.1 Å². The number of aryl methyl sites for hydroxylation is 1. The summed E-state index contributed by atoms with van der Waals surface area (Å²) in [5.41, 5.74) is 2.78. The third-order valence-electron chi connectivity index (χ3n) is 4.51. The summed E-state index contributed by atoms with van der Waals surface area (Å²) in [6, 6.07) is 13.2. The van der Waals surface area contributed by atoms with Gasteiger partial charge in [-0.25, -0.2) is 4.68 Å². The summed E-state index contributed by atoms with van der Waals surface area (Å²) in [6.45, 7) is 5.34. The summed E-state index contributed by atoms with van der Waals surface area (Å²) < 4.78 is 6.72. The zero-order valence-corrected chi connectivity index (χ0v) is 18.7. The molecular weight excluding hydrogens is 432 g/mol. The van der Waals surface area contributed by atoms with Crippen molar-refractivity contribution in [3.8, 4) is 5.69 Å². The minimum atomic E-state index is -0.352. The van der Waals surface area contributed by atoms with E-state index in [-0.39, 0.29) is 29.9 Å². The van der Waals surface area contributed by atoms with E-state index in [1.165, 1.54) is 6.92 Å². The molecule has 0 aliphatic heterocycles. The summed E-state index contributed by atoms with van der Waals surface area (Å²) in [4.78, 5) is 36.8. The molecule has 0 saturated heterocycles. The molecule has 2 amide bonds. The molecule has 8 nitrogen and oxygen atoms in total. The minimum Gasteiger partial charge on any atom is -0.374 e. The second-order valence-electron chi connectivity index (χ2n) is 7.02. The standard InChI is InChI=1S/C23H23ClN4O4/c1-4-32-13-22(30)20-11-14(2)28(27-20)21-10-5-16(12-19(21)25-15(3)29)23(31)26-18-8-6-17(24)7-9-18/h5-12H,4,13H2,1-3H3,(H,25,29)(H,26,31). The van der Waals surface area contributed by atoms with Crippen LogP contribution in [-0.2, 0) is 9.53 Å². The number of nitrogens with zero attached hydrogens (tertiary/aromatic N) is 2. The van der Waals surface area contributed by atoms with E-state index in [9.17, 15) is 14.4 Å². The van der Waals surface area contributed by atoms with Crippen LogP contribution in [0.1, 0.15) is 40.4 Å². The SMILES string of the molecule is CCOCC(=O)c1cc(C)n(-c2ccc(C(=O)Nc3ccc(Cl)cc3)cc2NC(C)=O)n1. The fourth-order valence-corrected chi connectivity index (χ4v) is 3.14. The molecule has 0 atom stereocenters. The lowest BCUT2D eigenvalue weighted by atomic mass is 10.1. The Kier molecular flexibility index (Phi) is 7.40. The molecule has 2 N–H and O–H groups in total. The molecule has 1 heterocycles. The Morgan fingerprint density at radius 2 is 1.78 bits per heavy atom. The summed E-state index contributed by atoms with van der Waals surface area (Å²) in [6.07, 6.45) is 0. The van der Waals surface area contributed by atoms with Crippen LogP contribution in [-0.4, -0.2) is 40.6 Å². The minimum absolute atomic E-state index is 0.0602. The lowest BCUT2D eigenvalue weighted by Gasteiger charge is -2.14. The van der Waals surface area contributed by atoms with Gasteiger partial charge in [0.15, 0.2) is 0 Å². The predicted octanol–water partition coefficient (Wildman–Crippen LogP) is 4.26. The monoisotopic (exact) mass is 454 g/mol. The van der Waals surface area contributed by atoms with Crippen molar-refractivity contribution in [1.82, 2.24) is 9.78 Å². The van der Waals surface area contributed by atoms with Crippen LogP contribution in [0.15, 0.2) is 48.5 Å². The van der Waals surface area contributed by atoms with Gasteiger partial charge in [-0.2, -0.15) is 5.10 Å². The molecule has 0 aliphatic carbocycles. The van der Waals surface area contributed by atoms with Crippen molar-refractivity contribution in [2.24, 2.45) is 0 Å². The highest BCUT2D eigenvalue weighted by Crippen LogP contribution is 2.25. The molecule has 3 aromatic rings. The van der Waals surface area contributed by atoms with E-state index in [2.05, 4.69) is 15.7 Å². The smallest absolute Gasteiger partial charge is 0.255 e. The molecule has 0 spiro atoms. The van der Waals surface area contributed by atoms with Gasteiger partial charge in [-0.05, 0) is 62.4 Å². The topological polar surface area (TPSA) is 102 Å². The maximum atomic E-state index is 12.7. The lowest BCUT2D eigenvalue weighted by Crippen LogP contribution is -2.15. The van der Waals surface area contributed by atoms with Gasteiger partial charge in [-0.3, -0.25) is 14.4 Å². The molecule has 166 valence electrons. The molecule has 0 saturated carbocycles. The molecule has 9 heteroatoms. The number of rotatable bonds is 8. The normalized spacial score (nSPS) is 10.6. The molecule has 0 bridgehead atoms. The number of aromatic nitrogens is 2. The molecule has 0 aliphatic rings. The van der Waals surface area contributed by atoms with Gasteiger partial charge in [-0.15, -0.1) is 0 Å². The maximum Gasteiger partial charge on any atom is 0.255 e. The molecule has 0 unspecified atom stereocenters. The Labute approximate surface area is 190 Å². The Balaban J connectivity index is 1.92. The Bertz CT molecular complexity index is 1160. The molecule has 32 heavy (non-hydrogen) atoms. The van der Waals surface area contributed by atoms with Gasteiger partial charge in [0, 0.05) is 35.5 Å². The quantitative estimate of drug-likeness (QED) is 0.495. The second-order valence-corrected chi connectivity index (χ2v) is 7.45. The van der Waals surface area contributed by atoms with E-state index in [1.807, 2.05) is 6.92 Å². The summed E-state index contributed by atoms with van der Waals surface area (Å²) in [5.74, 6) is -0.900. The number of hydrogen-bond donors (Lipinski definition) is 2. The number of nitrogens with one attached hydrogen (secondary N) is 2. The van der Waals surface area contributed by atoms with Crippen LogP contribution < -0.4 is 10.6 Å². The summed E-state index contributed by atoms with van der Waals surface area (Å²) >= 11 is 5.88. The van der Waals surface area contributed by atoms with Crippen molar-refractivity contribution < 1.29 is 19.1 Å². The largest absolute Gasteiger partial charge is 0.374 e. The number of hydrogen-bond acceptors (Lipinski definition) is 5.